The highest BCUT2D eigenvalue weighted by atomic mass is 16.4. The number of carboxylic acids is 1. The van der Waals surface area contributed by atoms with Gasteiger partial charge in [-0.2, -0.15) is 0 Å². The fraction of sp³-hybridized carbons (Fsp3) is 0.643. The van der Waals surface area contributed by atoms with Crippen LogP contribution in [-0.2, 0) is 47.9 Å². The van der Waals surface area contributed by atoms with Crippen LogP contribution in [0.5, 0.6) is 0 Å². The van der Waals surface area contributed by atoms with E-state index in [4.69, 9.17) is 5.11 Å². The first kappa shape index (κ1) is 43.7. The fourth-order valence-corrected chi connectivity index (χ4v) is 3.47. The molecule has 0 saturated heterocycles. The molecule has 0 atom stereocenters. The SMILES string of the molecule is CCNCC(=O)N(C)CC(=O)N(C)CC(=O)NCC(=O)N(C)CC(=O)N(C)CC(=O)NCC(=O)N(C)CC(=O)N(C)CC(=O)NCC(=O)O. The van der Waals surface area contributed by atoms with Gasteiger partial charge in [0.2, 0.25) is 53.2 Å². The lowest BCUT2D eigenvalue weighted by molar-refractivity contribution is -0.142. The Balaban J connectivity index is 4.55. The number of amides is 9. The molecule has 49 heavy (non-hydrogen) atoms. The Morgan fingerprint density at radius 1 is 0.408 bits per heavy atom. The molecule has 5 N–H and O–H groups in total. The normalized spacial score (nSPS) is 10.2. The van der Waals surface area contributed by atoms with E-state index in [9.17, 15) is 47.9 Å². The first-order valence-electron chi connectivity index (χ1n) is 14.9. The Labute approximate surface area is 284 Å². The van der Waals surface area contributed by atoms with Crippen molar-refractivity contribution in [3.8, 4) is 0 Å². The van der Waals surface area contributed by atoms with Crippen LogP contribution in [0, 0.1) is 0 Å². The zero-order chi connectivity index (χ0) is 37.8. The number of hydrogen-bond acceptors (Lipinski definition) is 11. The van der Waals surface area contributed by atoms with Gasteiger partial charge in [0, 0.05) is 42.3 Å². The van der Waals surface area contributed by atoms with Crippen LogP contribution >= 0.6 is 0 Å². The Morgan fingerprint density at radius 2 is 0.673 bits per heavy atom. The number of carbonyl (C=O) groups excluding carboxylic acids is 9. The van der Waals surface area contributed by atoms with E-state index in [1.807, 2.05) is 6.92 Å². The lowest BCUT2D eigenvalue weighted by atomic mass is 10.4. The van der Waals surface area contributed by atoms with Crippen molar-refractivity contribution in [1.29, 1.82) is 0 Å². The molecule has 9 amide bonds. The largest absolute Gasteiger partial charge is 0.480 e. The Morgan fingerprint density at radius 3 is 0.959 bits per heavy atom. The van der Waals surface area contributed by atoms with Crippen molar-refractivity contribution in [3.05, 3.63) is 0 Å². The molecular weight excluding hydrogens is 652 g/mol. The zero-order valence-corrected chi connectivity index (χ0v) is 29.0. The van der Waals surface area contributed by atoms with Gasteiger partial charge < -0.3 is 55.8 Å². The van der Waals surface area contributed by atoms with Crippen LogP contribution in [0.15, 0.2) is 0 Å². The van der Waals surface area contributed by atoms with Gasteiger partial charge in [-0.05, 0) is 6.54 Å². The number of aliphatic carboxylic acids is 1. The minimum atomic E-state index is -1.25. The smallest absolute Gasteiger partial charge is 0.322 e. The molecule has 0 bridgehead atoms. The van der Waals surface area contributed by atoms with Crippen LogP contribution in [0.1, 0.15) is 6.92 Å². The highest BCUT2D eigenvalue weighted by Crippen LogP contribution is 1.95. The predicted molar refractivity (Wildman–Crippen MR) is 171 cm³/mol. The van der Waals surface area contributed by atoms with Crippen molar-refractivity contribution < 1.29 is 53.1 Å². The number of nitrogens with one attached hydrogen (secondary N) is 4. The van der Waals surface area contributed by atoms with Gasteiger partial charge in [0.15, 0.2) is 0 Å². The minimum absolute atomic E-state index is 0.0696. The lowest BCUT2D eigenvalue weighted by Gasteiger charge is -2.23. The van der Waals surface area contributed by atoms with Gasteiger partial charge in [-0.25, -0.2) is 0 Å². The Kier molecular flexibility index (Phi) is 19.8. The van der Waals surface area contributed by atoms with E-state index in [0.717, 1.165) is 24.5 Å². The zero-order valence-electron chi connectivity index (χ0n) is 29.0. The molecule has 0 aromatic carbocycles. The van der Waals surface area contributed by atoms with Crippen molar-refractivity contribution in [2.75, 3.05) is 114 Å². The van der Waals surface area contributed by atoms with Gasteiger partial charge >= 0.3 is 5.97 Å². The van der Waals surface area contributed by atoms with E-state index in [-0.39, 0.29) is 25.5 Å². The van der Waals surface area contributed by atoms with Gasteiger partial charge in [0.1, 0.15) is 6.54 Å². The van der Waals surface area contributed by atoms with Crippen molar-refractivity contribution in [2.45, 2.75) is 6.92 Å². The maximum Gasteiger partial charge on any atom is 0.322 e. The topological polar surface area (TPSA) is 258 Å². The van der Waals surface area contributed by atoms with Gasteiger partial charge in [0.05, 0.1) is 58.9 Å². The molecule has 0 unspecified atom stereocenters. The third-order valence-electron chi connectivity index (χ3n) is 6.65. The van der Waals surface area contributed by atoms with Crippen molar-refractivity contribution in [2.24, 2.45) is 0 Å². The van der Waals surface area contributed by atoms with Crippen LogP contribution < -0.4 is 21.3 Å². The predicted octanol–water partition coefficient (Wildman–Crippen LogP) is -6.22. The maximum absolute atomic E-state index is 12.5. The van der Waals surface area contributed by atoms with E-state index < -0.39 is 99.0 Å². The number of carbonyl (C=O) groups is 10. The van der Waals surface area contributed by atoms with Gasteiger partial charge in [0.25, 0.3) is 0 Å². The average molecular weight is 701 g/mol. The molecule has 0 aromatic heterocycles. The molecule has 276 valence electrons. The van der Waals surface area contributed by atoms with Gasteiger partial charge in [-0.15, -0.1) is 0 Å². The number of likely N-dealkylation sites (N-methyl/N-ethyl adjacent to an activating group) is 7. The summed E-state index contributed by atoms with van der Waals surface area (Å²) >= 11 is 0. The van der Waals surface area contributed by atoms with Crippen molar-refractivity contribution in [3.63, 3.8) is 0 Å². The third kappa shape index (κ3) is 18.6. The summed E-state index contributed by atoms with van der Waals surface area (Å²) in [6, 6.07) is 0. The van der Waals surface area contributed by atoms with Crippen molar-refractivity contribution >= 4 is 59.1 Å². The molecule has 0 aliphatic heterocycles. The molecule has 0 aliphatic carbocycles. The first-order valence-corrected chi connectivity index (χ1v) is 14.9. The fourth-order valence-electron chi connectivity index (χ4n) is 3.47. The summed E-state index contributed by atoms with van der Waals surface area (Å²) in [4.78, 5) is 127. The molecule has 0 heterocycles. The lowest BCUT2D eigenvalue weighted by Crippen LogP contribution is -2.48. The van der Waals surface area contributed by atoms with E-state index in [2.05, 4.69) is 21.3 Å². The number of rotatable bonds is 21. The monoisotopic (exact) mass is 700 g/mol. The molecule has 0 aromatic rings. The van der Waals surface area contributed by atoms with E-state index in [1.165, 1.54) is 47.2 Å². The molecule has 0 aliphatic rings. The van der Waals surface area contributed by atoms with Crippen LogP contribution in [-0.4, -0.2) is 208 Å². The van der Waals surface area contributed by atoms with E-state index >= 15 is 0 Å². The molecule has 0 saturated carbocycles. The van der Waals surface area contributed by atoms with Crippen LogP contribution in [0.3, 0.4) is 0 Å². The molecule has 0 rings (SSSR count). The molecular formula is C28H48N10O11. The Hall–Kier alpha value is -5.34. The first-order chi connectivity index (χ1) is 22.8. The van der Waals surface area contributed by atoms with Crippen molar-refractivity contribution in [1.82, 2.24) is 50.7 Å². The molecule has 0 spiro atoms. The van der Waals surface area contributed by atoms with Gasteiger partial charge in [-0.3, -0.25) is 47.9 Å². The molecule has 21 heteroatoms. The second-order valence-corrected chi connectivity index (χ2v) is 11.0. The van der Waals surface area contributed by atoms with E-state index in [1.54, 1.807) is 0 Å². The van der Waals surface area contributed by atoms with Crippen LogP contribution in [0.2, 0.25) is 0 Å². The van der Waals surface area contributed by atoms with Gasteiger partial charge in [-0.1, -0.05) is 6.92 Å². The number of hydrogen-bond donors (Lipinski definition) is 5. The highest BCUT2D eigenvalue weighted by molar-refractivity contribution is 5.93. The second kappa shape index (κ2) is 22.3. The summed E-state index contributed by atoms with van der Waals surface area (Å²) in [5.41, 5.74) is 0. The van der Waals surface area contributed by atoms with Crippen LogP contribution in [0.25, 0.3) is 0 Å². The van der Waals surface area contributed by atoms with Crippen LogP contribution in [0.4, 0.5) is 0 Å². The standard InChI is InChI=1S/C28H48N10O11/c1-8-29-9-22(42)36(5)16-25(45)33(2)13-19(39)30-10-23(43)37(6)17-26(46)34(3)14-20(40)31-11-24(44)38(7)18-27(47)35(4)15-21(41)32-12-28(48)49/h29H,8-18H2,1-7H3,(H,30,39)(H,31,40)(H,32,41)(H,48,49). The summed E-state index contributed by atoms with van der Waals surface area (Å²) in [6.45, 7) is -1.46. The summed E-state index contributed by atoms with van der Waals surface area (Å²) in [6.07, 6.45) is 0. The summed E-state index contributed by atoms with van der Waals surface area (Å²) in [5, 5.41) is 18.2. The second-order valence-electron chi connectivity index (χ2n) is 11.0. The minimum Gasteiger partial charge on any atom is -0.480 e. The number of carboxylic acid groups (broad SMARTS) is 1. The average Bonchev–Trinajstić information content (AvgIpc) is 3.03. The quantitative estimate of drug-likeness (QED) is 0.0750. The highest BCUT2D eigenvalue weighted by Gasteiger charge is 2.22. The summed E-state index contributed by atoms with van der Waals surface area (Å²) in [5.74, 6) is -6.60. The Bertz CT molecular complexity index is 1250. The molecule has 0 fully saturated rings. The maximum atomic E-state index is 12.5. The third-order valence-corrected chi connectivity index (χ3v) is 6.65. The summed E-state index contributed by atoms with van der Waals surface area (Å²) in [7, 11) is 8.03. The number of nitrogens with zero attached hydrogens (tertiary/aromatic N) is 6. The van der Waals surface area contributed by atoms with E-state index in [0.29, 0.717) is 6.54 Å². The summed E-state index contributed by atoms with van der Waals surface area (Å²) < 4.78 is 0. The molecule has 21 nitrogen and oxygen atoms in total. The molecule has 0 radical (unpaired) electrons.